The fourth-order valence-corrected chi connectivity index (χ4v) is 7.40. The Labute approximate surface area is 248 Å². The van der Waals surface area contributed by atoms with Crippen LogP contribution in [0.5, 0.6) is 5.75 Å². The van der Waals surface area contributed by atoms with Gasteiger partial charge in [-0.25, -0.2) is 0 Å². The van der Waals surface area contributed by atoms with Crippen LogP contribution in [0.4, 0.5) is 13.2 Å². The Morgan fingerprint density at radius 3 is 2.44 bits per heavy atom. The first kappa shape index (κ1) is 30.2. The highest BCUT2D eigenvalue weighted by Gasteiger charge is 2.52. The van der Waals surface area contributed by atoms with Crippen LogP contribution >= 0.6 is 23.2 Å². The summed E-state index contributed by atoms with van der Waals surface area (Å²) in [5.74, 6) is 0.585. The van der Waals surface area contributed by atoms with E-state index in [4.69, 9.17) is 28.9 Å². The van der Waals surface area contributed by atoms with Crippen LogP contribution < -0.4 is 15.8 Å². The van der Waals surface area contributed by atoms with E-state index in [2.05, 4.69) is 10.1 Å². The van der Waals surface area contributed by atoms with Crippen molar-refractivity contribution in [3.63, 3.8) is 0 Å². The third-order valence-electron chi connectivity index (χ3n) is 9.19. The molecule has 41 heavy (non-hydrogen) atoms. The van der Waals surface area contributed by atoms with Crippen molar-refractivity contribution in [2.45, 2.75) is 88.1 Å². The topological polar surface area (TPSA) is 81.4 Å². The molecule has 6 rings (SSSR count). The predicted molar refractivity (Wildman–Crippen MR) is 152 cm³/mol. The number of aryl methyl sites for hydroxylation is 1. The Balaban J connectivity index is 1.31. The fraction of sp³-hybridized carbons (Fsp3) is 0.548. The monoisotopic (exact) mass is 610 g/mol. The molecule has 10 heteroatoms. The molecule has 2 aromatic carbocycles. The van der Waals surface area contributed by atoms with Crippen LogP contribution in [0.25, 0.3) is 0 Å². The van der Waals surface area contributed by atoms with Crippen LogP contribution in [0.1, 0.15) is 68.9 Å². The number of nitrogens with two attached hydrogens (primary N) is 1. The molecule has 0 aromatic heterocycles. The van der Waals surface area contributed by atoms with Gasteiger partial charge in [0.1, 0.15) is 5.75 Å². The Kier molecular flexibility index (Phi) is 8.93. The van der Waals surface area contributed by atoms with Gasteiger partial charge >= 0.3 is 6.36 Å². The Bertz CT molecular complexity index is 1270. The maximum absolute atomic E-state index is 13.8. The first-order valence-electron chi connectivity index (χ1n) is 14.3. The molecule has 4 aliphatic rings. The maximum Gasteiger partial charge on any atom is 0.573 e. The van der Waals surface area contributed by atoms with Crippen molar-refractivity contribution in [1.82, 2.24) is 5.32 Å². The number of fused-ring (bicyclic) bond motifs is 4. The van der Waals surface area contributed by atoms with Crippen LogP contribution in [0, 0.1) is 17.8 Å². The molecule has 5 atom stereocenters. The van der Waals surface area contributed by atoms with Crippen molar-refractivity contribution < 1.29 is 27.5 Å². The quantitative estimate of drug-likeness (QED) is 0.299. The minimum atomic E-state index is -4.79. The average molecular weight is 612 g/mol. The molecule has 3 N–H and O–H groups in total. The molecule has 1 amide bonds. The number of ketones is 1. The van der Waals surface area contributed by atoms with Crippen molar-refractivity contribution in [2.75, 3.05) is 0 Å². The largest absolute Gasteiger partial charge is 0.573 e. The lowest BCUT2D eigenvalue weighted by Crippen LogP contribution is -2.46. The van der Waals surface area contributed by atoms with Gasteiger partial charge in [0.25, 0.3) is 0 Å². The summed E-state index contributed by atoms with van der Waals surface area (Å²) in [6.07, 6.45) is 2.73. The first-order chi connectivity index (χ1) is 19.4. The van der Waals surface area contributed by atoms with Crippen LogP contribution in [0.3, 0.4) is 0 Å². The molecule has 222 valence electrons. The van der Waals surface area contributed by atoms with Crippen LogP contribution in [-0.4, -0.2) is 30.1 Å². The normalized spacial score (nSPS) is 25.7. The van der Waals surface area contributed by atoms with Crippen LogP contribution in [-0.2, 0) is 21.4 Å². The van der Waals surface area contributed by atoms with E-state index in [1.54, 1.807) is 12.1 Å². The highest BCUT2D eigenvalue weighted by atomic mass is 35.5. The molecule has 4 saturated carbocycles. The SMILES string of the molecule is NC1CC2CCC(C1)C(CC(=O)C(CCc1ccc(Cl)cc1Cl)NC(=O)C1(c3ccc(OC(F)(F)F)cc3)CC1)C2. The van der Waals surface area contributed by atoms with E-state index < -0.39 is 17.8 Å². The first-order valence-corrected chi connectivity index (χ1v) is 15.1. The smallest absolute Gasteiger partial charge is 0.406 e. The third kappa shape index (κ3) is 7.38. The van der Waals surface area contributed by atoms with Crippen molar-refractivity contribution in [3.05, 3.63) is 63.6 Å². The summed E-state index contributed by atoms with van der Waals surface area (Å²) in [7, 11) is 0. The number of benzene rings is 2. The second kappa shape index (κ2) is 12.1. The van der Waals surface area contributed by atoms with Crippen molar-refractivity contribution >= 4 is 34.9 Å². The summed E-state index contributed by atoms with van der Waals surface area (Å²) in [5.41, 5.74) is 6.90. The van der Waals surface area contributed by atoms with E-state index in [-0.39, 0.29) is 29.4 Å². The number of rotatable bonds is 10. The number of carbonyl (C=O) groups is 2. The van der Waals surface area contributed by atoms with Gasteiger partial charge in [-0.1, -0.05) is 47.8 Å². The number of alkyl halides is 3. The van der Waals surface area contributed by atoms with Crippen molar-refractivity contribution in [1.29, 1.82) is 0 Å². The number of carbonyl (C=O) groups excluding carboxylic acids is 2. The summed E-state index contributed by atoms with van der Waals surface area (Å²) in [6, 6.07) is 10.1. The summed E-state index contributed by atoms with van der Waals surface area (Å²) in [6.45, 7) is 0. The van der Waals surface area contributed by atoms with E-state index in [9.17, 15) is 22.8 Å². The summed E-state index contributed by atoms with van der Waals surface area (Å²) >= 11 is 12.4. The number of nitrogens with one attached hydrogen (secondary N) is 1. The second-order valence-corrected chi connectivity index (χ2v) is 12.9. The molecule has 0 spiro atoms. The molecule has 4 aliphatic carbocycles. The summed E-state index contributed by atoms with van der Waals surface area (Å²) in [4.78, 5) is 27.5. The fourth-order valence-electron chi connectivity index (χ4n) is 6.89. The van der Waals surface area contributed by atoms with Crippen molar-refractivity contribution in [3.8, 4) is 5.75 Å². The standard InChI is InChI=1S/C31H35Cl2F3N2O3/c32-23-7-3-19(26(33)17-23)4-10-27(28(39)16-21-13-18-1-2-20(21)15-24(37)14-18)38-29(40)30(11-12-30)22-5-8-25(9-6-22)41-31(34,35)36/h3,5-9,17-18,20-21,24,27H,1-2,4,10-16,37H2,(H,38,40). The van der Waals surface area contributed by atoms with Crippen LogP contribution in [0.2, 0.25) is 10.0 Å². The zero-order valence-corrected chi connectivity index (χ0v) is 24.2. The molecular formula is C31H35Cl2F3N2O3. The molecule has 2 bridgehead atoms. The van der Waals surface area contributed by atoms with E-state index >= 15 is 0 Å². The van der Waals surface area contributed by atoms with Gasteiger partial charge < -0.3 is 15.8 Å². The zero-order valence-electron chi connectivity index (χ0n) is 22.7. The lowest BCUT2D eigenvalue weighted by molar-refractivity contribution is -0.274. The Morgan fingerprint density at radius 2 is 1.78 bits per heavy atom. The minimum Gasteiger partial charge on any atom is -0.406 e. The number of amides is 1. The third-order valence-corrected chi connectivity index (χ3v) is 9.78. The molecule has 0 saturated heterocycles. The average Bonchev–Trinajstić information content (AvgIpc) is 3.73. The molecule has 0 aliphatic heterocycles. The van der Waals surface area contributed by atoms with Gasteiger partial charge in [0, 0.05) is 22.5 Å². The van der Waals surface area contributed by atoms with Gasteiger partial charge in [-0.15, -0.1) is 13.2 Å². The Hall–Kier alpha value is -2.29. The molecular weight excluding hydrogens is 576 g/mol. The molecule has 0 radical (unpaired) electrons. The van der Waals surface area contributed by atoms with Crippen LogP contribution in [0.15, 0.2) is 42.5 Å². The lowest BCUT2D eigenvalue weighted by atomic mass is 9.73. The molecule has 4 fully saturated rings. The zero-order chi connectivity index (χ0) is 29.4. The molecule has 0 heterocycles. The van der Waals surface area contributed by atoms with E-state index in [1.165, 1.54) is 24.3 Å². The number of hydrogen-bond acceptors (Lipinski definition) is 4. The summed E-state index contributed by atoms with van der Waals surface area (Å²) < 4.78 is 41.8. The van der Waals surface area contributed by atoms with Gasteiger partial charge in [-0.2, -0.15) is 0 Å². The van der Waals surface area contributed by atoms with Gasteiger partial charge in [0.2, 0.25) is 5.91 Å². The second-order valence-electron chi connectivity index (χ2n) is 12.1. The van der Waals surface area contributed by atoms with E-state index in [1.807, 2.05) is 6.07 Å². The molecule has 5 nitrogen and oxygen atoms in total. The summed E-state index contributed by atoms with van der Waals surface area (Å²) in [5, 5.41) is 4.06. The van der Waals surface area contributed by atoms with Gasteiger partial charge in [0.05, 0.1) is 11.5 Å². The van der Waals surface area contributed by atoms with E-state index in [0.717, 1.165) is 37.7 Å². The highest BCUT2D eigenvalue weighted by Crippen LogP contribution is 2.49. The van der Waals surface area contributed by atoms with Gasteiger partial charge in [-0.3, -0.25) is 9.59 Å². The van der Waals surface area contributed by atoms with Gasteiger partial charge in [0.15, 0.2) is 5.78 Å². The van der Waals surface area contributed by atoms with Crippen molar-refractivity contribution in [2.24, 2.45) is 23.5 Å². The Morgan fingerprint density at radius 1 is 1.05 bits per heavy atom. The highest BCUT2D eigenvalue weighted by molar-refractivity contribution is 6.35. The number of hydrogen-bond donors (Lipinski definition) is 2. The minimum absolute atomic E-state index is 0.000664. The predicted octanol–water partition coefficient (Wildman–Crippen LogP) is 7.15. The lowest BCUT2D eigenvalue weighted by Gasteiger charge is -2.33. The number of Topliss-reactive ketones (excluding diaryl/α,β-unsaturated/α-hetero) is 1. The molecule has 5 unspecified atom stereocenters. The number of halogens is 5. The van der Waals surface area contributed by atoms with Gasteiger partial charge in [-0.05, 0) is 105 Å². The maximum atomic E-state index is 13.8. The molecule has 2 aromatic rings. The van der Waals surface area contributed by atoms with E-state index in [0.29, 0.717) is 59.5 Å². The number of ether oxygens (including phenoxy) is 1.